The maximum absolute atomic E-state index is 12.7. The maximum atomic E-state index is 12.7. The first kappa shape index (κ1) is 17.0. The lowest BCUT2D eigenvalue weighted by atomic mass is 9.71. The second-order valence-corrected chi connectivity index (χ2v) is 6.14. The number of primary amides is 1. The summed E-state index contributed by atoms with van der Waals surface area (Å²) in [5.74, 6) is 0.683. The third kappa shape index (κ3) is 3.20. The van der Waals surface area contributed by atoms with Gasteiger partial charge in [-0.15, -0.1) is 0 Å². The van der Waals surface area contributed by atoms with Crippen LogP contribution >= 0.6 is 0 Å². The Bertz CT molecular complexity index is 785. The van der Waals surface area contributed by atoms with Gasteiger partial charge in [-0.05, 0) is 17.5 Å². The third-order valence-corrected chi connectivity index (χ3v) is 4.80. The fourth-order valence-electron chi connectivity index (χ4n) is 3.45. The Morgan fingerprint density at radius 3 is 2.08 bits per heavy atom. The molecule has 0 aliphatic carbocycles. The SMILES string of the molecule is CCc1nccn1CCC(C(N)=O)(c1ccccc1)c1ccccc1. The number of rotatable bonds is 7. The van der Waals surface area contributed by atoms with Crippen LogP contribution in [0.4, 0.5) is 0 Å². The van der Waals surface area contributed by atoms with Crippen LogP contribution in [0.2, 0.25) is 0 Å². The zero-order valence-corrected chi connectivity index (χ0v) is 14.4. The molecule has 1 aromatic heterocycles. The van der Waals surface area contributed by atoms with Crippen molar-refractivity contribution in [3.63, 3.8) is 0 Å². The molecule has 4 nitrogen and oxygen atoms in total. The lowest BCUT2D eigenvalue weighted by molar-refractivity contribution is -0.122. The van der Waals surface area contributed by atoms with E-state index in [0.29, 0.717) is 13.0 Å². The molecule has 4 heteroatoms. The van der Waals surface area contributed by atoms with Gasteiger partial charge in [0.2, 0.25) is 5.91 Å². The molecule has 0 bridgehead atoms. The number of aryl methyl sites for hydroxylation is 2. The first-order chi connectivity index (χ1) is 12.2. The van der Waals surface area contributed by atoms with Crippen molar-refractivity contribution in [3.8, 4) is 0 Å². The monoisotopic (exact) mass is 333 g/mol. The van der Waals surface area contributed by atoms with Crippen molar-refractivity contribution >= 4 is 5.91 Å². The van der Waals surface area contributed by atoms with Crippen LogP contribution in [0.1, 0.15) is 30.3 Å². The molecule has 3 rings (SSSR count). The topological polar surface area (TPSA) is 60.9 Å². The van der Waals surface area contributed by atoms with Gasteiger partial charge < -0.3 is 10.3 Å². The minimum Gasteiger partial charge on any atom is -0.369 e. The van der Waals surface area contributed by atoms with Gasteiger partial charge in [-0.25, -0.2) is 4.98 Å². The van der Waals surface area contributed by atoms with E-state index in [4.69, 9.17) is 5.73 Å². The Kier molecular flexibility index (Phi) is 4.98. The van der Waals surface area contributed by atoms with Crippen LogP contribution in [0.5, 0.6) is 0 Å². The van der Waals surface area contributed by atoms with Gasteiger partial charge in [0.05, 0.1) is 0 Å². The number of carbonyl (C=O) groups excluding carboxylic acids is 1. The van der Waals surface area contributed by atoms with Crippen LogP contribution in [0.15, 0.2) is 73.1 Å². The Morgan fingerprint density at radius 1 is 1.04 bits per heavy atom. The minimum absolute atomic E-state index is 0.330. The highest BCUT2D eigenvalue weighted by atomic mass is 16.1. The van der Waals surface area contributed by atoms with Crippen molar-refractivity contribution in [2.75, 3.05) is 0 Å². The normalized spacial score (nSPS) is 11.4. The van der Waals surface area contributed by atoms with E-state index in [2.05, 4.69) is 16.5 Å². The van der Waals surface area contributed by atoms with Crippen molar-refractivity contribution in [1.82, 2.24) is 9.55 Å². The summed E-state index contributed by atoms with van der Waals surface area (Å²) in [4.78, 5) is 17.1. The summed E-state index contributed by atoms with van der Waals surface area (Å²) in [6.07, 6.45) is 5.20. The summed E-state index contributed by atoms with van der Waals surface area (Å²) < 4.78 is 2.10. The van der Waals surface area contributed by atoms with E-state index in [1.807, 2.05) is 66.9 Å². The molecule has 1 heterocycles. The number of imidazole rings is 1. The quantitative estimate of drug-likeness (QED) is 0.721. The van der Waals surface area contributed by atoms with Crippen molar-refractivity contribution in [2.45, 2.75) is 31.7 Å². The number of amides is 1. The molecular weight excluding hydrogens is 310 g/mol. The summed E-state index contributed by atoms with van der Waals surface area (Å²) >= 11 is 0. The number of nitrogens with zero attached hydrogens (tertiary/aromatic N) is 2. The number of carbonyl (C=O) groups is 1. The highest BCUT2D eigenvalue weighted by molar-refractivity contribution is 5.90. The molecule has 0 aliphatic heterocycles. The third-order valence-electron chi connectivity index (χ3n) is 4.80. The van der Waals surface area contributed by atoms with Crippen LogP contribution in [0, 0.1) is 0 Å². The van der Waals surface area contributed by atoms with Crippen LogP contribution in [-0.2, 0) is 23.2 Å². The zero-order chi connectivity index (χ0) is 17.7. The van der Waals surface area contributed by atoms with E-state index in [1.54, 1.807) is 6.20 Å². The Balaban J connectivity index is 2.06. The molecular formula is C21H23N3O. The highest BCUT2D eigenvalue weighted by Gasteiger charge is 2.40. The van der Waals surface area contributed by atoms with Gasteiger partial charge in [0.25, 0.3) is 0 Å². The van der Waals surface area contributed by atoms with Crippen LogP contribution in [-0.4, -0.2) is 15.5 Å². The number of hydrogen-bond acceptors (Lipinski definition) is 2. The molecule has 2 aromatic carbocycles. The van der Waals surface area contributed by atoms with E-state index in [0.717, 1.165) is 23.4 Å². The highest BCUT2D eigenvalue weighted by Crippen LogP contribution is 2.36. The number of benzene rings is 2. The van der Waals surface area contributed by atoms with E-state index < -0.39 is 5.41 Å². The first-order valence-electron chi connectivity index (χ1n) is 8.59. The molecule has 0 unspecified atom stereocenters. The van der Waals surface area contributed by atoms with E-state index in [9.17, 15) is 4.79 Å². The second kappa shape index (κ2) is 7.34. The minimum atomic E-state index is -0.863. The van der Waals surface area contributed by atoms with Gasteiger partial charge in [-0.2, -0.15) is 0 Å². The van der Waals surface area contributed by atoms with Crippen LogP contribution in [0.25, 0.3) is 0 Å². The smallest absolute Gasteiger partial charge is 0.232 e. The molecule has 0 saturated heterocycles. The predicted molar refractivity (Wildman–Crippen MR) is 99.1 cm³/mol. The second-order valence-electron chi connectivity index (χ2n) is 6.14. The molecule has 0 saturated carbocycles. The van der Waals surface area contributed by atoms with Crippen molar-refractivity contribution in [2.24, 2.45) is 5.73 Å². The molecule has 1 amide bonds. The summed E-state index contributed by atoms with van der Waals surface area (Å²) in [5, 5.41) is 0. The molecule has 0 radical (unpaired) electrons. The summed E-state index contributed by atoms with van der Waals surface area (Å²) in [5.41, 5.74) is 6.96. The van der Waals surface area contributed by atoms with Gasteiger partial charge in [-0.1, -0.05) is 67.6 Å². The average molecular weight is 333 g/mol. The number of nitrogens with two attached hydrogens (primary N) is 1. The van der Waals surface area contributed by atoms with E-state index in [1.165, 1.54) is 0 Å². The fourth-order valence-corrected chi connectivity index (χ4v) is 3.45. The van der Waals surface area contributed by atoms with Crippen molar-refractivity contribution < 1.29 is 4.79 Å². The van der Waals surface area contributed by atoms with Crippen LogP contribution < -0.4 is 5.73 Å². The number of aromatic nitrogens is 2. The molecule has 3 aromatic rings. The summed E-state index contributed by atoms with van der Waals surface area (Å²) in [6.45, 7) is 2.75. The Morgan fingerprint density at radius 2 is 1.60 bits per heavy atom. The molecule has 25 heavy (non-hydrogen) atoms. The predicted octanol–water partition coefficient (Wildman–Crippen LogP) is 3.31. The van der Waals surface area contributed by atoms with Gasteiger partial charge in [0, 0.05) is 25.4 Å². The molecule has 128 valence electrons. The largest absolute Gasteiger partial charge is 0.369 e. The maximum Gasteiger partial charge on any atom is 0.232 e. The summed E-state index contributed by atoms with van der Waals surface area (Å²) in [6, 6.07) is 19.6. The fraction of sp³-hybridized carbons (Fsp3) is 0.238. The van der Waals surface area contributed by atoms with Gasteiger partial charge in [0.1, 0.15) is 11.2 Å². The molecule has 0 fully saturated rings. The van der Waals surface area contributed by atoms with E-state index in [-0.39, 0.29) is 5.91 Å². The van der Waals surface area contributed by atoms with Crippen LogP contribution in [0.3, 0.4) is 0 Å². The molecule has 2 N–H and O–H groups in total. The average Bonchev–Trinajstić information content (AvgIpc) is 3.11. The number of hydrogen-bond donors (Lipinski definition) is 1. The summed E-state index contributed by atoms with van der Waals surface area (Å²) in [7, 11) is 0. The molecule has 0 spiro atoms. The van der Waals surface area contributed by atoms with Crippen molar-refractivity contribution in [3.05, 3.63) is 90.0 Å². The lowest BCUT2D eigenvalue weighted by Crippen LogP contribution is -2.43. The zero-order valence-electron chi connectivity index (χ0n) is 14.4. The Hall–Kier alpha value is -2.88. The molecule has 0 aliphatic rings. The van der Waals surface area contributed by atoms with Gasteiger partial charge in [-0.3, -0.25) is 4.79 Å². The Labute approximate surface area is 148 Å². The van der Waals surface area contributed by atoms with E-state index >= 15 is 0 Å². The van der Waals surface area contributed by atoms with Crippen molar-refractivity contribution in [1.29, 1.82) is 0 Å². The standard InChI is InChI=1S/C21H23N3O/c1-2-19-23-14-16-24(19)15-13-21(20(22)25,17-9-5-3-6-10-17)18-11-7-4-8-12-18/h3-12,14,16H,2,13,15H2,1H3,(H2,22,25). The first-order valence-corrected chi connectivity index (χ1v) is 8.59. The lowest BCUT2D eigenvalue weighted by Gasteiger charge is -2.32. The molecule has 0 atom stereocenters. The van der Waals surface area contributed by atoms with Gasteiger partial charge >= 0.3 is 0 Å². The van der Waals surface area contributed by atoms with Gasteiger partial charge in [0.15, 0.2) is 0 Å².